The number of carbonyl (C=O) groups is 2. The fourth-order valence-corrected chi connectivity index (χ4v) is 3.66. The van der Waals surface area contributed by atoms with Gasteiger partial charge in [0.25, 0.3) is 5.91 Å². The van der Waals surface area contributed by atoms with E-state index in [9.17, 15) is 14.0 Å². The molecule has 144 valence electrons. The number of amides is 1. The van der Waals surface area contributed by atoms with Gasteiger partial charge in [-0.1, -0.05) is 41.9 Å². The molecule has 8 heteroatoms. The van der Waals surface area contributed by atoms with Gasteiger partial charge in [-0.15, -0.1) is 0 Å². The molecule has 0 N–H and O–H groups in total. The minimum absolute atomic E-state index is 0.0580. The van der Waals surface area contributed by atoms with E-state index >= 15 is 0 Å². The van der Waals surface area contributed by atoms with Crippen LogP contribution in [0.25, 0.3) is 0 Å². The van der Waals surface area contributed by atoms with Crippen LogP contribution in [0.1, 0.15) is 5.56 Å². The van der Waals surface area contributed by atoms with Gasteiger partial charge in [-0.25, -0.2) is 14.2 Å². The molecule has 1 fully saturated rings. The minimum atomic E-state index is -0.620. The quantitative estimate of drug-likeness (QED) is 0.535. The van der Waals surface area contributed by atoms with Crippen LogP contribution >= 0.6 is 23.4 Å². The second kappa shape index (κ2) is 9.03. The number of hydrogen-bond donors (Lipinski definition) is 0. The van der Waals surface area contributed by atoms with Gasteiger partial charge < -0.3 is 4.74 Å². The number of nitrogens with zero attached hydrogens (tertiary/aromatic N) is 2. The number of hydrogen-bond acceptors (Lipinski definition) is 5. The summed E-state index contributed by atoms with van der Waals surface area (Å²) >= 11 is 6.88. The molecule has 2 aromatic carbocycles. The lowest BCUT2D eigenvalue weighted by atomic mass is 10.1. The number of carbonyl (C=O) groups excluding carboxylic acids is 2. The van der Waals surface area contributed by atoms with Crippen molar-refractivity contribution in [2.75, 3.05) is 13.7 Å². The molecule has 0 aliphatic carbocycles. The maximum atomic E-state index is 13.4. The second-order valence-electron chi connectivity index (χ2n) is 5.82. The Hall–Kier alpha value is -2.64. The number of methoxy groups -OCH3 is 1. The topological polar surface area (TPSA) is 59.0 Å². The molecule has 2 aromatic rings. The van der Waals surface area contributed by atoms with E-state index in [2.05, 4.69) is 9.73 Å². The minimum Gasteiger partial charge on any atom is -0.466 e. The number of esters is 1. The van der Waals surface area contributed by atoms with Crippen LogP contribution in [0.3, 0.4) is 0 Å². The molecule has 0 saturated carbocycles. The highest BCUT2D eigenvalue weighted by atomic mass is 35.5. The third kappa shape index (κ3) is 4.79. The predicted molar refractivity (Wildman–Crippen MR) is 108 cm³/mol. The largest absolute Gasteiger partial charge is 0.466 e. The van der Waals surface area contributed by atoms with Crippen molar-refractivity contribution in [1.82, 2.24) is 4.90 Å². The number of aliphatic imine (C=N–C) groups is 1. The molecule has 0 spiro atoms. The third-order valence-corrected chi connectivity index (χ3v) is 5.23. The van der Waals surface area contributed by atoms with Crippen LogP contribution in [0.4, 0.5) is 10.1 Å². The van der Waals surface area contributed by atoms with Crippen LogP contribution in [-0.4, -0.2) is 35.6 Å². The van der Waals surface area contributed by atoms with Crippen LogP contribution < -0.4 is 0 Å². The van der Waals surface area contributed by atoms with Crippen molar-refractivity contribution >= 4 is 46.1 Å². The van der Waals surface area contributed by atoms with Gasteiger partial charge in [-0.05, 0) is 41.9 Å². The Balaban J connectivity index is 1.90. The first-order valence-electron chi connectivity index (χ1n) is 8.35. The second-order valence-corrected chi connectivity index (χ2v) is 7.24. The molecule has 1 aliphatic heterocycles. The Morgan fingerprint density at radius 3 is 2.71 bits per heavy atom. The highest BCUT2D eigenvalue weighted by Gasteiger charge is 2.33. The van der Waals surface area contributed by atoms with Crippen LogP contribution in [-0.2, 0) is 20.7 Å². The van der Waals surface area contributed by atoms with E-state index in [1.54, 1.807) is 0 Å². The zero-order valence-electron chi connectivity index (χ0n) is 14.9. The molecular weight excluding hydrogens is 403 g/mol. The first kappa shape index (κ1) is 20.1. The van der Waals surface area contributed by atoms with Crippen LogP contribution in [0.2, 0.25) is 5.02 Å². The fourth-order valence-electron chi connectivity index (χ4n) is 2.51. The van der Waals surface area contributed by atoms with Crippen LogP contribution in [0.5, 0.6) is 0 Å². The maximum absolute atomic E-state index is 13.4. The van der Waals surface area contributed by atoms with E-state index in [0.29, 0.717) is 23.8 Å². The molecule has 0 radical (unpaired) electrons. The summed E-state index contributed by atoms with van der Waals surface area (Å²) in [5, 5.41) is 0.330. The summed E-state index contributed by atoms with van der Waals surface area (Å²) in [5.74, 6) is -1.50. The molecule has 0 unspecified atom stereocenters. The Morgan fingerprint density at radius 1 is 1.29 bits per heavy atom. The lowest BCUT2D eigenvalue weighted by Crippen LogP contribution is -2.31. The molecule has 3 rings (SSSR count). The Kier molecular flexibility index (Phi) is 6.49. The summed E-state index contributed by atoms with van der Waals surface area (Å²) in [6.45, 7) is 0.377. The number of rotatable bonds is 5. The lowest BCUT2D eigenvalue weighted by molar-refractivity contribution is -0.135. The monoisotopic (exact) mass is 418 g/mol. The zero-order valence-corrected chi connectivity index (χ0v) is 16.5. The van der Waals surface area contributed by atoms with Crippen molar-refractivity contribution < 1.29 is 18.7 Å². The number of benzene rings is 2. The van der Waals surface area contributed by atoms with Crippen LogP contribution in [0.15, 0.2) is 64.5 Å². The van der Waals surface area contributed by atoms with Crippen molar-refractivity contribution in [1.29, 1.82) is 0 Å². The van der Waals surface area contributed by atoms with Gasteiger partial charge in [0.05, 0.1) is 22.7 Å². The molecule has 0 aromatic heterocycles. The van der Waals surface area contributed by atoms with E-state index in [0.717, 1.165) is 23.4 Å². The smallest absolute Gasteiger partial charge is 0.331 e. The van der Waals surface area contributed by atoms with Gasteiger partial charge in [0, 0.05) is 12.6 Å². The van der Waals surface area contributed by atoms with Gasteiger partial charge in [0.2, 0.25) is 0 Å². The zero-order chi connectivity index (χ0) is 20.1. The van der Waals surface area contributed by atoms with Crippen molar-refractivity contribution in [3.63, 3.8) is 0 Å². The fraction of sp³-hybridized carbons (Fsp3) is 0.150. The lowest BCUT2D eigenvalue weighted by Gasteiger charge is -2.15. The Bertz CT molecular complexity index is 963. The van der Waals surface area contributed by atoms with E-state index in [4.69, 9.17) is 11.6 Å². The van der Waals surface area contributed by atoms with Crippen molar-refractivity contribution in [3.8, 4) is 0 Å². The van der Waals surface area contributed by atoms with E-state index in [1.165, 1.54) is 30.2 Å². The Morgan fingerprint density at radius 2 is 2.04 bits per heavy atom. The van der Waals surface area contributed by atoms with Crippen molar-refractivity contribution in [2.24, 2.45) is 4.99 Å². The van der Waals surface area contributed by atoms with Gasteiger partial charge in [0.15, 0.2) is 5.17 Å². The van der Waals surface area contributed by atoms with Crippen LogP contribution in [0, 0.1) is 5.82 Å². The molecule has 0 atom stereocenters. The van der Waals surface area contributed by atoms with Crippen molar-refractivity contribution in [3.05, 3.63) is 75.9 Å². The molecule has 28 heavy (non-hydrogen) atoms. The SMILES string of the molecule is COC(=O)/C=C1/SC(=Nc2ccc(F)c(Cl)c2)N(CCc2ccccc2)C1=O. The summed E-state index contributed by atoms with van der Waals surface area (Å²) < 4.78 is 18.0. The number of halogens is 2. The normalized spacial score (nSPS) is 16.8. The van der Waals surface area contributed by atoms with E-state index in [-0.39, 0.29) is 15.8 Å². The first-order chi connectivity index (χ1) is 13.5. The molecular formula is C20H16ClFN2O3S. The van der Waals surface area contributed by atoms with Gasteiger partial charge in [-0.3, -0.25) is 9.69 Å². The van der Waals surface area contributed by atoms with Gasteiger partial charge in [-0.2, -0.15) is 0 Å². The average molecular weight is 419 g/mol. The molecule has 1 amide bonds. The molecule has 1 saturated heterocycles. The molecule has 0 bridgehead atoms. The summed E-state index contributed by atoms with van der Waals surface area (Å²) in [7, 11) is 1.24. The number of amidine groups is 1. The summed E-state index contributed by atoms with van der Waals surface area (Å²) in [6, 6.07) is 13.8. The number of ether oxygens (including phenoxy) is 1. The third-order valence-electron chi connectivity index (χ3n) is 3.93. The predicted octanol–water partition coefficient (Wildman–Crippen LogP) is 4.34. The summed E-state index contributed by atoms with van der Waals surface area (Å²) in [4.78, 5) is 30.5. The first-order valence-corrected chi connectivity index (χ1v) is 9.54. The maximum Gasteiger partial charge on any atom is 0.331 e. The molecule has 5 nitrogen and oxygen atoms in total. The van der Waals surface area contributed by atoms with Crippen molar-refractivity contribution in [2.45, 2.75) is 6.42 Å². The van der Waals surface area contributed by atoms with E-state index in [1.807, 2.05) is 30.3 Å². The molecule has 1 heterocycles. The highest BCUT2D eigenvalue weighted by Crippen LogP contribution is 2.33. The van der Waals surface area contributed by atoms with Gasteiger partial charge in [0.1, 0.15) is 5.82 Å². The highest BCUT2D eigenvalue weighted by molar-refractivity contribution is 8.18. The standard InChI is InChI=1S/C20H16ClFN2O3S/c1-27-18(25)12-17-19(26)24(10-9-13-5-3-2-4-6-13)20(28-17)23-14-7-8-16(22)15(21)11-14/h2-8,11-12H,9-10H2,1H3/b17-12+,23-20?. The summed E-state index contributed by atoms with van der Waals surface area (Å²) in [5.41, 5.74) is 1.47. The molecule has 1 aliphatic rings. The van der Waals surface area contributed by atoms with Gasteiger partial charge >= 0.3 is 5.97 Å². The number of thioether (sulfide) groups is 1. The Labute approximate surface area is 170 Å². The van der Waals surface area contributed by atoms with E-state index < -0.39 is 11.8 Å². The summed E-state index contributed by atoms with van der Waals surface area (Å²) in [6.07, 6.45) is 1.75. The average Bonchev–Trinajstić information content (AvgIpc) is 2.98.